The van der Waals surface area contributed by atoms with E-state index in [0.717, 1.165) is 6.42 Å². The van der Waals surface area contributed by atoms with Crippen LogP contribution in [0.1, 0.15) is 25.3 Å². The maximum absolute atomic E-state index is 2.40. The van der Waals surface area contributed by atoms with Crippen LogP contribution in [0.2, 0.25) is 0 Å². The van der Waals surface area contributed by atoms with Gasteiger partial charge < -0.3 is 0 Å². The van der Waals surface area contributed by atoms with Gasteiger partial charge in [0.15, 0.2) is 0 Å². The second-order valence-corrected chi connectivity index (χ2v) is 6.34. The SMILES string of the molecule is CCCCc1cc(-c2cc3ccccc3[cH-]2)c2ccccc2c1.[Hf]. The maximum Gasteiger partial charge on any atom is 0 e. The van der Waals surface area contributed by atoms with Crippen LogP contribution in [0, 0.1) is 0 Å². The molecule has 1 heteroatoms. The van der Waals surface area contributed by atoms with Crippen molar-refractivity contribution in [3.05, 3.63) is 78.4 Å². The van der Waals surface area contributed by atoms with Crippen molar-refractivity contribution in [1.29, 1.82) is 0 Å². The van der Waals surface area contributed by atoms with Crippen LogP contribution >= 0.6 is 0 Å². The minimum atomic E-state index is 0. The molecule has 0 atom stereocenters. The predicted octanol–water partition coefficient (Wildman–Crippen LogP) is 6.72. The average molecular weight is 476 g/mol. The molecule has 0 aliphatic rings. The zero-order valence-corrected chi connectivity index (χ0v) is 17.6. The summed E-state index contributed by atoms with van der Waals surface area (Å²) in [6.45, 7) is 2.26. The van der Waals surface area contributed by atoms with Crippen molar-refractivity contribution in [1.82, 2.24) is 0 Å². The largest absolute Gasteiger partial charge is 0.145 e. The smallest absolute Gasteiger partial charge is 0 e. The van der Waals surface area contributed by atoms with Crippen molar-refractivity contribution >= 4 is 21.5 Å². The van der Waals surface area contributed by atoms with Crippen molar-refractivity contribution in [2.75, 3.05) is 0 Å². The van der Waals surface area contributed by atoms with Crippen LogP contribution in [0.3, 0.4) is 0 Å². The summed E-state index contributed by atoms with van der Waals surface area (Å²) >= 11 is 0. The van der Waals surface area contributed by atoms with Gasteiger partial charge in [-0.25, -0.2) is 0 Å². The van der Waals surface area contributed by atoms with E-state index in [2.05, 4.69) is 79.7 Å². The third kappa shape index (κ3) is 3.28. The molecule has 0 aromatic heterocycles. The second kappa shape index (κ2) is 7.53. The van der Waals surface area contributed by atoms with Gasteiger partial charge in [0.1, 0.15) is 0 Å². The van der Waals surface area contributed by atoms with Crippen LogP contribution in [-0.2, 0) is 32.3 Å². The number of unbranched alkanes of at least 4 members (excludes halogenated alkanes) is 1. The van der Waals surface area contributed by atoms with Crippen molar-refractivity contribution < 1.29 is 25.8 Å². The van der Waals surface area contributed by atoms with E-state index in [1.807, 2.05) is 0 Å². The van der Waals surface area contributed by atoms with E-state index >= 15 is 0 Å². The Morgan fingerprint density at radius 2 is 1.58 bits per heavy atom. The fraction of sp³-hybridized carbons (Fsp3) is 0.174. The van der Waals surface area contributed by atoms with E-state index in [0.29, 0.717) is 0 Å². The van der Waals surface area contributed by atoms with Gasteiger partial charge in [-0.3, -0.25) is 0 Å². The van der Waals surface area contributed by atoms with Crippen LogP contribution in [0.4, 0.5) is 0 Å². The minimum absolute atomic E-state index is 0. The molecule has 0 nitrogen and oxygen atoms in total. The topological polar surface area (TPSA) is 0 Å². The molecule has 0 saturated carbocycles. The van der Waals surface area contributed by atoms with Gasteiger partial charge in [0, 0.05) is 25.8 Å². The molecule has 0 heterocycles. The van der Waals surface area contributed by atoms with Gasteiger partial charge in [0.2, 0.25) is 0 Å². The Hall–Kier alpha value is -1.60. The normalized spacial score (nSPS) is 10.9. The molecule has 4 aromatic carbocycles. The summed E-state index contributed by atoms with van der Waals surface area (Å²) in [5.41, 5.74) is 4.15. The summed E-state index contributed by atoms with van der Waals surface area (Å²) in [5, 5.41) is 5.35. The minimum Gasteiger partial charge on any atom is -0.145 e. The first-order valence-electron chi connectivity index (χ1n) is 8.52. The molecule has 0 bridgehead atoms. The zero-order valence-electron chi connectivity index (χ0n) is 14.0. The molecule has 0 aliphatic carbocycles. The molecular weight excluding hydrogens is 455 g/mol. The molecule has 24 heavy (non-hydrogen) atoms. The van der Waals surface area contributed by atoms with Gasteiger partial charge in [-0.1, -0.05) is 79.1 Å². The second-order valence-electron chi connectivity index (χ2n) is 6.34. The molecule has 0 spiro atoms. The van der Waals surface area contributed by atoms with E-state index < -0.39 is 0 Å². The average Bonchev–Trinajstić information content (AvgIpc) is 3.03. The maximum atomic E-state index is 2.40. The molecule has 0 unspecified atom stereocenters. The Labute approximate surface area is 162 Å². The standard InChI is InChI=1S/C23H21.Hf/c1-2-3-8-17-13-20-11-6-7-12-22(20)23(14-17)21-15-18-9-4-5-10-19(18)16-21;/h4-7,9-16H,2-3,8H2,1H3;/q-1;. The summed E-state index contributed by atoms with van der Waals surface area (Å²) in [5.74, 6) is 0. The molecule has 4 rings (SSSR count). The van der Waals surface area contributed by atoms with Crippen LogP contribution < -0.4 is 0 Å². The molecule has 0 saturated heterocycles. The van der Waals surface area contributed by atoms with E-state index in [-0.39, 0.29) is 25.8 Å². The van der Waals surface area contributed by atoms with Crippen molar-refractivity contribution in [3.8, 4) is 11.1 Å². The number of hydrogen-bond acceptors (Lipinski definition) is 0. The van der Waals surface area contributed by atoms with Crippen LogP contribution in [0.5, 0.6) is 0 Å². The quantitative estimate of drug-likeness (QED) is 0.227. The molecule has 0 radical (unpaired) electrons. The van der Waals surface area contributed by atoms with E-state index in [4.69, 9.17) is 0 Å². The number of benzene rings is 3. The van der Waals surface area contributed by atoms with Gasteiger partial charge >= 0.3 is 0 Å². The van der Waals surface area contributed by atoms with Gasteiger partial charge in [-0.15, -0.1) is 34.5 Å². The van der Waals surface area contributed by atoms with Gasteiger partial charge in [-0.2, -0.15) is 0 Å². The molecule has 118 valence electrons. The summed E-state index contributed by atoms with van der Waals surface area (Å²) in [6.07, 6.45) is 3.65. The van der Waals surface area contributed by atoms with E-state index in [9.17, 15) is 0 Å². The van der Waals surface area contributed by atoms with Gasteiger partial charge in [-0.05, 0) is 23.6 Å². The summed E-state index contributed by atoms with van der Waals surface area (Å²) in [6, 6.07) is 26.8. The predicted molar refractivity (Wildman–Crippen MR) is 101 cm³/mol. The summed E-state index contributed by atoms with van der Waals surface area (Å²) in [7, 11) is 0. The van der Waals surface area contributed by atoms with Gasteiger partial charge in [0.25, 0.3) is 0 Å². The number of aryl methyl sites for hydroxylation is 1. The number of fused-ring (bicyclic) bond motifs is 2. The Kier molecular flexibility index (Phi) is 5.40. The first-order valence-corrected chi connectivity index (χ1v) is 8.52. The third-order valence-electron chi connectivity index (χ3n) is 4.67. The summed E-state index contributed by atoms with van der Waals surface area (Å²) < 4.78 is 0. The van der Waals surface area contributed by atoms with Crippen molar-refractivity contribution in [2.24, 2.45) is 0 Å². The Morgan fingerprint density at radius 1 is 0.833 bits per heavy atom. The fourth-order valence-corrected chi connectivity index (χ4v) is 3.44. The first-order chi connectivity index (χ1) is 11.3. The van der Waals surface area contributed by atoms with E-state index in [1.165, 1.54) is 51.1 Å². The third-order valence-corrected chi connectivity index (χ3v) is 4.67. The molecule has 4 aromatic rings. The Bertz CT molecular complexity index is 929. The van der Waals surface area contributed by atoms with Crippen LogP contribution in [-0.4, -0.2) is 0 Å². The number of rotatable bonds is 4. The van der Waals surface area contributed by atoms with Crippen LogP contribution in [0.15, 0.2) is 72.8 Å². The van der Waals surface area contributed by atoms with Crippen molar-refractivity contribution in [2.45, 2.75) is 26.2 Å². The molecule has 0 N–H and O–H groups in total. The molecular formula is C23H21Hf-. The Balaban J connectivity index is 0.00000169. The molecule has 0 fully saturated rings. The summed E-state index contributed by atoms with van der Waals surface area (Å²) in [4.78, 5) is 0. The first kappa shape index (κ1) is 17.2. The van der Waals surface area contributed by atoms with Gasteiger partial charge in [0.05, 0.1) is 0 Å². The molecule has 0 aliphatic heterocycles. The monoisotopic (exact) mass is 477 g/mol. The number of hydrogen-bond donors (Lipinski definition) is 0. The Morgan fingerprint density at radius 3 is 2.38 bits per heavy atom. The fourth-order valence-electron chi connectivity index (χ4n) is 3.44. The van der Waals surface area contributed by atoms with Crippen LogP contribution in [0.25, 0.3) is 32.7 Å². The van der Waals surface area contributed by atoms with E-state index in [1.54, 1.807) is 0 Å². The van der Waals surface area contributed by atoms with Crippen molar-refractivity contribution in [3.63, 3.8) is 0 Å². The molecule has 0 amide bonds. The zero-order chi connectivity index (χ0) is 15.6.